The zero-order chi connectivity index (χ0) is 12.1. The first-order valence-corrected chi connectivity index (χ1v) is 6.34. The van der Waals surface area contributed by atoms with Crippen LogP contribution in [0, 0.1) is 0 Å². The van der Waals surface area contributed by atoms with Crippen LogP contribution < -0.4 is 5.73 Å². The van der Waals surface area contributed by atoms with E-state index in [2.05, 4.69) is 29.2 Å². The van der Waals surface area contributed by atoms with Crippen molar-refractivity contribution < 1.29 is 4.74 Å². The van der Waals surface area contributed by atoms with E-state index >= 15 is 0 Å². The largest absolute Gasteiger partial charge is 0.380 e. The molecule has 1 saturated heterocycles. The third kappa shape index (κ3) is 3.28. The van der Waals surface area contributed by atoms with Crippen molar-refractivity contribution in [1.82, 2.24) is 4.90 Å². The van der Waals surface area contributed by atoms with Gasteiger partial charge in [-0.05, 0) is 30.5 Å². The molecule has 1 aliphatic heterocycles. The van der Waals surface area contributed by atoms with Crippen LogP contribution in [0.1, 0.15) is 24.0 Å². The number of nitrogens with two attached hydrogens (primary N) is 1. The monoisotopic (exact) mass is 234 g/mol. The van der Waals surface area contributed by atoms with Crippen molar-refractivity contribution in [3.8, 4) is 0 Å². The molecule has 0 aliphatic carbocycles. The van der Waals surface area contributed by atoms with Crippen LogP contribution in [0.2, 0.25) is 0 Å². The van der Waals surface area contributed by atoms with Gasteiger partial charge < -0.3 is 10.5 Å². The third-order valence-electron chi connectivity index (χ3n) is 3.46. The average molecular weight is 234 g/mol. The van der Waals surface area contributed by atoms with Gasteiger partial charge in [0.25, 0.3) is 0 Å². The topological polar surface area (TPSA) is 38.5 Å². The van der Waals surface area contributed by atoms with E-state index in [1.807, 2.05) is 0 Å². The minimum atomic E-state index is 0.570. The highest BCUT2D eigenvalue weighted by Gasteiger charge is 2.22. The van der Waals surface area contributed by atoms with E-state index in [9.17, 15) is 0 Å². The predicted molar refractivity (Wildman–Crippen MR) is 69.6 cm³/mol. The quantitative estimate of drug-likeness (QED) is 0.843. The van der Waals surface area contributed by atoms with E-state index in [0.29, 0.717) is 12.6 Å². The minimum absolute atomic E-state index is 0.570. The number of benzene rings is 1. The Balaban J connectivity index is 2.00. The Labute approximate surface area is 104 Å². The van der Waals surface area contributed by atoms with Crippen LogP contribution in [0.15, 0.2) is 24.3 Å². The lowest BCUT2D eigenvalue weighted by molar-refractivity contribution is 0.184. The number of rotatable bonds is 5. The highest BCUT2D eigenvalue weighted by molar-refractivity contribution is 5.23. The molecule has 0 saturated carbocycles. The molecule has 3 heteroatoms. The normalized spacial score (nSPS) is 20.9. The average Bonchev–Trinajstić information content (AvgIpc) is 2.77. The van der Waals surface area contributed by atoms with Crippen molar-refractivity contribution in [3.63, 3.8) is 0 Å². The second-order valence-electron chi connectivity index (χ2n) is 4.76. The summed E-state index contributed by atoms with van der Waals surface area (Å²) in [4.78, 5) is 2.49. The molecule has 3 nitrogen and oxygen atoms in total. The van der Waals surface area contributed by atoms with Crippen LogP contribution in [0.5, 0.6) is 0 Å². The number of ether oxygens (including phenoxy) is 1. The predicted octanol–water partition coefficient (Wildman–Crippen LogP) is 1.76. The maximum absolute atomic E-state index is 5.79. The van der Waals surface area contributed by atoms with Crippen molar-refractivity contribution in [2.45, 2.75) is 32.0 Å². The summed E-state index contributed by atoms with van der Waals surface area (Å²) in [5.41, 5.74) is 8.40. The van der Waals surface area contributed by atoms with Gasteiger partial charge in [0.1, 0.15) is 0 Å². The molecule has 1 unspecified atom stereocenters. The Morgan fingerprint density at radius 3 is 3.00 bits per heavy atom. The summed E-state index contributed by atoms with van der Waals surface area (Å²) in [5, 5.41) is 0. The van der Waals surface area contributed by atoms with Gasteiger partial charge in [0.15, 0.2) is 0 Å². The molecule has 1 heterocycles. The lowest BCUT2D eigenvalue weighted by Gasteiger charge is -2.23. The summed E-state index contributed by atoms with van der Waals surface area (Å²) in [6.45, 7) is 3.65. The van der Waals surface area contributed by atoms with Gasteiger partial charge in [-0.15, -0.1) is 0 Å². The summed E-state index contributed by atoms with van der Waals surface area (Å²) >= 11 is 0. The van der Waals surface area contributed by atoms with Crippen LogP contribution in [0.3, 0.4) is 0 Å². The van der Waals surface area contributed by atoms with E-state index in [4.69, 9.17) is 10.5 Å². The standard InChI is InChI=1S/C14H22N2O/c1-17-11-13-5-2-4-12(8-13)10-16-7-3-6-14(16)9-15/h2,4-5,8,14H,3,6-7,9-11,15H2,1H3. The van der Waals surface area contributed by atoms with Gasteiger partial charge in [-0.3, -0.25) is 4.90 Å². The summed E-state index contributed by atoms with van der Waals surface area (Å²) in [5.74, 6) is 0. The van der Waals surface area contributed by atoms with E-state index in [0.717, 1.165) is 13.1 Å². The maximum Gasteiger partial charge on any atom is 0.0713 e. The van der Waals surface area contributed by atoms with Gasteiger partial charge in [0.05, 0.1) is 6.61 Å². The second kappa shape index (κ2) is 6.15. The zero-order valence-corrected chi connectivity index (χ0v) is 10.6. The van der Waals surface area contributed by atoms with Crippen LogP contribution in [0.25, 0.3) is 0 Å². The van der Waals surface area contributed by atoms with Gasteiger partial charge in [-0.1, -0.05) is 24.3 Å². The highest BCUT2D eigenvalue weighted by atomic mass is 16.5. The molecule has 1 fully saturated rings. The smallest absolute Gasteiger partial charge is 0.0713 e. The van der Waals surface area contributed by atoms with Gasteiger partial charge >= 0.3 is 0 Å². The first-order chi connectivity index (χ1) is 8.33. The lowest BCUT2D eigenvalue weighted by atomic mass is 10.1. The summed E-state index contributed by atoms with van der Waals surface area (Å²) < 4.78 is 5.16. The lowest BCUT2D eigenvalue weighted by Crippen LogP contribution is -2.34. The summed E-state index contributed by atoms with van der Waals surface area (Å²) in [7, 11) is 1.73. The van der Waals surface area contributed by atoms with Crippen molar-refractivity contribution in [1.29, 1.82) is 0 Å². The maximum atomic E-state index is 5.79. The molecule has 0 bridgehead atoms. The van der Waals surface area contributed by atoms with E-state index in [1.165, 1.54) is 30.5 Å². The molecule has 2 N–H and O–H groups in total. The van der Waals surface area contributed by atoms with Gasteiger partial charge in [0, 0.05) is 26.2 Å². The van der Waals surface area contributed by atoms with Gasteiger partial charge in [0.2, 0.25) is 0 Å². The fourth-order valence-corrected chi connectivity index (χ4v) is 2.59. The van der Waals surface area contributed by atoms with Crippen molar-refractivity contribution in [2.24, 2.45) is 5.73 Å². The molecular formula is C14H22N2O. The third-order valence-corrected chi connectivity index (χ3v) is 3.46. The Kier molecular flexibility index (Phi) is 4.54. The SMILES string of the molecule is COCc1cccc(CN2CCCC2CN)c1. The molecule has 0 radical (unpaired) electrons. The van der Waals surface area contributed by atoms with E-state index in [1.54, 1.807) is 7.11 Å². The molecule has 17 heavy (non-hydrogen) atoms. The second-order valence-corrected chi connectivity index (χ2v) is 4.76. The molecule has 2 rings (SSSR count). The number of likely N-dealkylation sites (tertiary alicyclic amines) is 1. The molecular weight excluding hydrogens is 212 g/mol. The Bertz CT molecular complexity index is 354. The first-order valence-electron chi connectivity index (χ1n) is 6.34. The number of nitrogens with zero attached hydrogens (tertiary/aromatic N) is 1. The Morgan fingerprint density at radius 2 is 2.24 bits per heavy atom. The molecule has 1 atom stereocenters. The zero-order valence-electron chi connectivity index (χ0n) is 10.6. The van der Waals surface area contributed by atoms with E-state index in [-0.39, 0.29) is 0 Å². The van der Waals surface area contributed by atoms with Crippen LogP contribution in [-0.2, 0) is 17.9 Å². The van der Waals surface area contributed by atoms with Crippen LogP contribution in [0.4, 0.5) is 0 Å². The molecule has 0 spiro atoms. The molecule has 1 aliphatic rings. The van der Waals surface area contributed by atoms with Crippen molar-refractivity contribution >= 4 is 0 Å². The minimum Gasteiger partial charge on any atom is -0.380 e. The van der Waals surface area contributed by atoms with E-state index < -0.39 is 0 Å². The molecule has 0 amide bonds. The summed E-state index contributed by atoms with van der Waals surface area (Å²) in [6, 6.07) is 9.20. The fourth-order valence-electron chi connectivity index (χ4n) is 2.59. The van der Waals surface area contributed by atoms with Crippen molar-refractivity contribution in [3.05, 3.63) is 35.4 Å². The fraction of sp³-hybridized carbons (Fsp3) is 0.571. The molecule has 1 aromatic carbocycles. The van der Waals surface area contributed by atoms with Crippen LogP contribution in [-0.4, -0.2) is 31.1 Å². The molecule has 1 aromatic rings. The Hall–Kier alpha value is -0.900. The number of hydrogen-bond acceptors (Lipinski definition) is 3. The Morgan fingerprint density at radius 1 is 1.41 bits per heavy atom. The number of hydrogen-bond donors (Lipinski definition) is 1. The molecule has 94 valence electrons. The van der Waals surface area contributed by atoms with Crippen LogP contribution >= 0.6 is 0 Å². The highest BCUT2D eigenvalue weighted by Crippen LogP contribution is 2.19. The molecule has 0 aromatic heterocycles. The van der Waals surface area contributed by atoms with Gasteiger partial charge in [-0.25, -0.2) is 0 Å². The summed E-state index contributed by atoms with van der Waals surface area (Å²) in [6.07, 6.45) is 2.52. The van der Waals surface area contributed by atoms with Crippen molar-refractivity contribution in [2.75, 3.05) is 20.2 Å². The number of methoxy groups -OCH3 is 1. The van der Waals surface area contributed by atoms with Gasteiger partial charge in [-0.2, -0.15) is 0 Å². The first kappa shape index (κ1) is 12.6.